The predicted molar refractivity (Wildman–Crippen MR) is 35.0 cm³/mol. The van der Waals surface area contributed by atoms with Gasteiger partial charge in [-0.3, -0.25) is 0 Å². The molecule has 0 fully saturated rings. The van der Waals surface area contributed by atoms with Crippen LogP contribution in [-0.2, 0) is 6.42 Å². The molecule has 0 bridgehead atoms. The normalized spacial score (nSPS) is 14.5. The molecule has 2 heteroatoms. The molecule has 0 aliphatic carbocycles. The van der Waals surface area contributed by atoms with Gasteiger partial charge in [0.15, 0.2) is 0 Å². The summed E-state index contributed by atoms with van der Waals surface area (Å²) < 4.78 is 0. The van der Waals surface area contributed by atoms with Crippen molar-refractivity contribution in [1.82, 2.24) is 0 Å². The molecule has 1 radical (unpaired) electrons. The predicted octanol–water partition coefficient (Wildman–Crippen LogP) is 1.81. The lowest BCUT2D eigenvalue weighted by molar-refractivity contribution is 1.46. The molecule has 1 aromatic heterocycles. The Morgan fingerprint density at radius 2 is 2.75 bits per heavy atom. The first-order valence-electron chi connectivity index (χ1n) is 2.48. The maximum Gasteiger partial charge on any atom is 0.119 e. The van der Waals surface area contributed by atoms with Crippen molar-refractivity contribution < 1.29 is 0 Å². The summed E-state index contributed by atoms with van der Waals surface area (Å²) in [5.74, 6) is 0. The molecular formula is C6H4NS. The molecular weight excluding hydrogens is 118 g/mol. The standard InChI is InChI=1S/C6H4NS/c1-3-7-6-5(1)2-4-8-6/h2-3H,1H2. The van der Waals surface area contributed by atoms with Crippen LogP contribution in [0.15, 0.2) is 11.1 Å². The molecule has 0 unspecified atom stereocenters. The van der Waals surface area contributed by atoms with Gasteiger partial charge in [-0.05, 0) is 11.6 Å². The molecule has 1 aliphatic rings. The van der Waals surface area contributed by atoms with E-state index in [1.807, 2.05) is 12.3 Å². The lowest BCUT2D eigenvalue weighted by Crippen LogP contribution is -1.70. The third-order valence-corrected chi connectivity index (χ3v) is 1.98. The van der Waals surface area contributed by atoms with Gasteiger partial charge in [0.05, 0.1) is 0 Å². The van der Waals surface area contributed by atoms with E-state index < -0.39 is 0 Å². The van der Waals surface area contributed by atoms with Crippen LogP contribution in [0.2, 0.25) is 0 Å². The van der Waals surface area contributed by atoms with Crippen molar-refractivity contribution in [2.45, 2.75) is 6.42 Å². The Balaban J connectivity index is 2.67. The van der Waals surface area contributed by atoms with Gasteiger partial charge >= 0.3 is 0 Å². The molecule has 0 aromatic carbocycles. The Bertz CT molecular complexity index is 224. The van der Waals surface area contributed by atoms with Gasteiger partial charge in [-0.1, -0.05) is 0 Å². The topological polar surface area (TPSA) is 12.4 Å². The Morgan fingerprint density at radius 3 is 3.62 bits per heavy atom. The molecule has 0 saturated heterocycles. The smallest absolute Gasteiger partial charge is 0.119 e. The van der Waals surface area contributed by atoms with Gasteiger partial charge in [0.25, 0.3) is 0 Å². The van der Waals surface area contributed by atoms with Gasteiger partial charge in [0.1, 0.15) is 5.00 Å². The minimum atomic E-state index is 1.01. The second-order valence-electron chi connectivity index (χ2n) is 1.71. The summed E-state index contributed by atoms with van der Waals surface area (Å²) in [5, 5.41) is 4.17. The van der Waals surface area contributed by atoms with E-state index in [0.717, 1.165) is 11.4 Å². The van der Waals surface area contributed by atoms with Gasteiger partial charge in [-0.2, -0.15) is 0 Å². The summed E-state index contributed by atoms with van der Waals surface area (Å²) in [6.45, 7) is 0. The highest BCUT2D eigenvalue weighted by atomic mass is 32.1. The average Bonchev–Trinajstić information content (AvgIpc) is 2.15. The quantitative estimate of drug-likeness (QED) is 0.497. The van der Waals surface area contributed by atoms with Crippen molar-refractivity contribution in [3.63, 3.8) is 0 Å². The van der Waals surface area contributed by atoms with Crippen LogP contribution in [0.5, 0.6) is 0 Å². The highest BCUT2D eigenvalue weighted by molar-refractivity contribution is 7.13. The fourth-order valence-corrected chi connectivity index (χ4v) is 1.48. The zero-order chi connectivity index (χ0) is 5.40. The van der Waals surface area contributed by atoms with Crippen LogP contribution in [0.4, 0.5) is 5.00 Å². The second kappa shape index (κ2) is 1.42. The molecule has 0 spiro atoms. The Labute approximate surface area is 51.7 Å². The van der Waals surface area contributed by atoms with Crippen LogP contribution in [0.1, 0.15) is 5.56 Å². The number of fused-ring (bicyclic) bond motifs is 1. The van der Waals surface area contributed by atoms with Crippen LogP contribution < -0.4 is 0 Å². The monoisotopic (exact) mass is 122 g/mol. The second-order valence-corrected chi connectivity index (χ2v) is 2.54. The third-order valence-electron chi connectivity index (χ3n) is 1.18. The van der Waals surface area contributed by atoms with Crippen molar-refractivity contribution in [3.05, 3.63) is 17.0 Å². The van der Waals surface area contributed by atoms with E-state index in [2.05, 4.69) is 10.4 Å². The average molecular weight is 122 g/mol. The molecule has 8 heavy (non-hydrogen) atoms. The Hall–Kier alpha value is -0.630. The molecule has 1 nitrogen and oxygen atoms in total. The van der Waals surface area contributed by atoms with Gasteiger partial charge in [-0.25, -0.2) is 4.99 Å². The number of hydrogen-bond donors (Lipinski definition) is 0. The van der Waals surface area contributed by atoms with E-state index in [1.54, 1.807) is 11.3 Å². The SMILES string of the molecule is [c]1cc2c(s1)N=CC2. The fraction of sp³-hybridized carbons (Fsp3) is 0.167. The van der Waals surface area contributed by atoms with Crippen LogP contribution in [-0.4, -0.2) is 6.21 Å². The molecule has 2 rings (SSSR count). The first-order chi connectivity index (χ1) is 3.97. The molecule has 0 amide bonds. The van der Waals surface area contributed by atoms with E-state index in [0.29, 0.717) is 0 Å². The van der Waals surface area contributed by atoms with Crippen LogP contribution in [0.25, 0.3) is 0 Å². The number of aliphatic imine (C=N–C) groups is 1. The summed E-state index contributed by atoms with van der Waals surface area (Å²) in [6.07, 6.45) is 2.95. The van der Waals surface area contributed by atoms with Crippen molar-refractivity contribution in [3.8, 4) is 0 Å². The van der Waals surface area contributed by atoms with Gasteiger partial charge in [0, 0.05) is 18.0 Å². The van der Waals surface area contributed by atoms with Crippen LogP contribution >= 0.6 is 11.3 Å². The lowest BCUT2D eigenvalue weighted by atomic mass is 10.3. The van der Waals surface area contributed by atoms with Gasteiger partial charge in [0.2, 0.25) is 0 Å². The van der Waals surface area contributed by atoms with Crippen molar-refractivity contribution in [2.24, 2.45) is 4.99 Å². The minimum absolute atomic E-state index is 1.01. The van der Waals surface area contributed by atoms with E-state index in [4.69, 9.17) is 0 Å². The maximum absolute atomic E-state index is 4.12. The largest absolute Gasteiger partial charge is 0.250 e. The summed E-state index contributed by atoms with van der Waals surface area (Å²) in [4.78, 5) is 4.12. The zero-order valence-electron chi connectivity index (χ0n) is 4.22. The minimum Gasteiger partial charge on any atom is -0.250 e. The lowest BCUT2D eigenvalue weighted by Gasteiger charge is -1.77. The summed E-state index contributed by atoms with van der Waals surface area (Å²) in [5.41, 5.74) is 1.33. The van der Waals surface area contributed by atoms with Crippen molar-refractivity contribution >= 4 is 22.6 Å². The number of thiophene rings is 1. The molecule has 0 N–H and O–H groups in total. The van der Waals surface area contributed by atoms with Crippen molar-refractivity contribution in [1.29, 1.82) is 0 Å². The van der Waals surface area contributed by atoms with E-state index >= 15 is 0 Å². The first kappa shape index (κ1) is 4.27. The van der Waals surface area contributed by atoms with E-state index in [1.165, 1.54) is 5.56 Å². The maximum atomic E-state index is 4.12. The van der Waals surface area contributed by atoms with Gasteiger partial charge < -0.3 is 0 Å². The van der Waals surface area contributed by atoms with Crippen molar-refractivity contribution in [2.75, 3.05) is 0 Å². The molecule has 0 saturated carbocycles. The van der Waals surface area contributed by atoms with E-state index in [-0.39, 0.29) is 0 Å². The highest BCUT2D eigenvalue weighted by Crippen LogP contribution is 2.29. The molecule has 1 aliphatic heterocycles. The Morgan fingerprint density at radius 1 is 1.75 bits per heavy atom. The van der Waals surface area contributed by atoms with Gasteiger partial charge in [-0.15, -0.1) is 11.3 Å². The third kappa shape index (κ3) is 0.434. The summed E-state index contributed by atoms with van der Waals surface area (Å²) in [7, 11) is 0. The van der Waals surface area contributed by atoms with Crippen LogP contribution in [0, 0.1) is 5.38 Å². The first-order valence-corrected chi connectivity index (χ1v) is 3.30. The summed E-state index contributed by atoms with van der Waals surface area (Å²) in [6, 6.07) is 2.01. The Kier molecular flexibility index (Phi) is 0.758. The summed E-state index contributed by atoms with van der Waals surface area (Å²) >= 11 is 1.59. The number of nitrogens with zero attached hydrogens (tertiary/aromatic N) is 1. The highest BCUT2D eigenvalue weighted by Gasteiger charge is 2.05. The molecule has 0 atom stereocenters. The number of hydrogen-bond acceptors (Lipinski definition) is 2. The fourth-order valence-electron chi connectivity index (χ4n) is 0.766. The number of rotatable bonds is 0. The molecule has 39 valence electrons. The van der Waals surface area contributed by atoms with Crippen LogP contribution in [0.3, 0.4) is 0 Å². The molecule has 1 aromatic rings. The molecule has 2 heterocycles. The zero-order valence-corrected chi connectivity index (χ0v) is 5.03. The van der Waals surface area contributed by atoms with E-state index in [9.17, 15) is 0 Å².